The Balaban J connectivity index is 2.49. The van der Waals surface area contributed by atoms with Crippen LogP contribution in [0.4, 0.5) is 0 Å². The minimum atomic E-state index is -5.10. The predicted octanol–water partition coefficient (Wildman–Crippen LogP) is 6.94. The molecule has 0 aromatic heterocycles. The molecular weight excluding hydrogens is 707 g/mol. The van der Waals surface area contributed by atoms with Crippen LogP contribution in [0, 0.1) is 0 Å². The Bertz CT molecular complexity index is 954. The van der Waals surface area contributed by atoms with E-state index in [2.05, 4.69) is 13.8 Å². The molecule has 0 aromatic rings. The second-order valence-electron chi connectivity index (χ2n) is 14.9. The Morgan fingerprint density at radius 3 is 1.25 bits per heavy atom. The van der Waals surface area contributed by atoms with Crippen LogP contribution < -0.4 is 0 Å². The predicted molar refractivity (Wildman–Crippen MR) is 203 cm³/mol. The highest BCUT2D eigenvalue weighted by Crippen LogP contribution is 2.47. The van der Waals surface area contributed by atoms with E-state index >= 15 is 0 Å². The summed E-state index contributed by atoms with van der Waals surface area (Å²) in [7, 11) is -5.10. The first-order chi connectivity index (χ1) is 25.4. The summed E-state index contributed by atoms with van der Waals surface area (Å²) in [6.07, 6.45) is 14.6. The zero-order valence-electron chi connectivity index (χ0n) is 32.8. The average Bonchev–Trinajstić information content (AvgIpc) is 3.13. The van der Waals surface area contributed by atoms with E-state index in [-0.39, 0.29) is 12.8 Å². The highest BCUT2D eigenvalue weighted by molar-refractivity contribution is 7.47. The molecule has 0 spiro atoms. The van der Waals surface area contributed by atoms with Crippen molar-refractivity contribution in [2.24, 2.45) is 0 Å². The molecule has 1 saturated carbocycles. The molecule has 1 aliphatic rings. The van der Waals surface area contributed by atoms with Crippen LogP contribution in [0.3, 0.4) is 0 Å². The maximum atomic E-state index is 12.7. The summed E-state index contributed by atoms with van der Waals surface area (Å²) in [5.41, 5.74) is 0. The minimum absolute atomic E-state index is 0.103. The van der Waals surface area contributed by atoms with Crippen LogP contribution in [0.15, 0.2) is 0 Å². The van der Waals surface area contributed by atoms with Gasteiger partial charge in [0.05, 0.1) is 6.61 Å². The topological polar surface area (TPSA) is 210 Å². The minimum Gasteiger partial charge on any atom is -0.462 e. The van der Waals surface area contributed by atoms with Gasteiger partial charge in [0.25, 0.3) is 0 Å². The summed E-state index contributed by atoms with van der Waals surface area (Å²) in [6.45, 7) is 3.27. The molecule has 13 nitrogen and oxygen atoms in total. The monoisotopic (exact) mass is 782 g/mol. The fourth-order valence-electron chi connectivity index (χ4n) is 6.52. The van der Waals surface area contributed by atoms with Crippen LogP contribution in [0.5, 0.6) is 0 Å². The third kappa shape index (κ3) is 24.2. The maximum Gasteiger partial charge on any atom is 0.472 e. The molecule has 6 unspecified atom stereocenters. The van der Waals surface area contributed by atoms with Gasteiger partial charge in [-0.1, -0.05) is 155 Å². The Morgan fingerprint density at radius 2 is 0.849 bits per heavy atom. The fourth-order valence-corrected chi connectivity index (χ4v) is 7.50. The molecule has 0 radical (unpaired) electrons. The van der Waals surface area contributed by atoms with Crippen molar-refractivity contribution in [3.05, 3.63) is 0 Å². The Morgan fingerprint density at radius 1 is 0.509 bits per heavy atom. The van der Waals surface area contributed by atoms with Crippen LogP contribution in [-0.4, -0.2) is 98.3 Å². The van der Waals surface area contributed by atoms with Gasteiger partial charge >= 0.3 is 19.8 Å². The highest BCUT2D eigenvalue weighted by Gasteiger charge is 2.51. The van der Waals surface area contributed by atoms with E-state index in [1.54, 1.807) is 0 Å². The van der Waals surface area contributed by atoms with Gasteiger partial charge in [0.1, 0.15) is 43.2 Å². The van der Waals surface area contributed by atoms with E-state index in [0.717, 1.165) is 44.9 Å². The molecule has 0 bridgehead atoms. The van der Waals surface area contributed by atoms with Gasteiger partial charge < -0.3 is 39.9 Å². The number of aliphatic hydroxyl groups is 5. The lowest BCUT2D eigenvalue weighted by Gasteiger charge is -2.41. The fraction of sp³-hybridized carbons (Fsp3) is 0.949. The molecular formula is C39H75O13P. The van der Waals surface area contributed by atoms with Crippen LogP contribution in [0.1, 0.15) is 181 Å². The van der Waals surface area contributed by atoms with Gasteiger partial charge in [-0.05, 0) is 12.8 Å². The first-order valence-electron chi connectivity index (χ1n) is 20.8. The van der Waals surface area contributed by atoms with Gasteiger partial charge in [0, 0.05) is 12.8 Å². The number of aliphatic hydroxyl groups excluding tert-OH is 5. The van der Waals surface area contributed by atoms with E-state index in [1.165, 1.54) is 96.3 Å². The molecule has 1 aliphatic carbocycles. The number of rotatable bonds is 34. The molecule has 0 amide bonds. The van der Waals surface area contributed by atoms with Gasteiger partial charge in [-0.15, -0.1) is 0 Å². The number of hydrogen-bond donors (Lipinski definition) is 6. The number of phosphoric acid groups is 1. The maximum absolute atomic E-state index is 12.7. The smallest absolute Gasteiger partial charge is 0.462 e. The molecule has 14 heteroatoms. The first kappa shape index (κ1) is 49.9. The first-order valence-corrected chi connectivity index (χ1v) is 22.3. The standard InChI is InChI=1S/C39H75O13P/c1-3-5-7-9-11-13-15-16-17-18-20-21-23-25-27-32(40)49-29-31(51-33(41)28-26-24-22-19-14-12-10-8-6-4-2)30-50-53(47,48)52-39-37(45)35(43)34(42)36(44)38(39)46/h31,34-39,42-46H,3-30H2,1-2H3,(H,47,48)/t31-,34?,35-,36?,37?,38?,39?/m0/s1. The van der Waals surface area contributed by atoms with Crippen molar-refractivity contribution in [1.29, 1.82) is 0 Å². The average molecular weight is 783 g/mol. The van der Waals surface area contributed by atoms with Crippen LogP contribution in [0.25, 0.3) is 0 Å². The molecule has 6 N–H and O–H groups in total. The number of unbranched alkanes of at least 4 members (excludes halogenated alkanes) is 22. The van der Waals surface area contributed by atoms with Gasteiger partial charge in [0.15, 0.2) is 6.10 Å². The largest absolute Gasteiger partial charge is 0.472 e. The van der Waals surface area contributed by atoms with E-state index in [9.17, 15) is 44.6 Å². The van der Waals surface area contributed by atoms with Crippen molar-refractivity contribution in [3.63, 3.8) is 0 Å². The molecule has 314 valence electrons. The Hall–Kier alpha value is -1.15. The van der Waals surface area contributed by atoms with Crippen molar-refractivity contribution in [2.75, 3.05) is 13.2 Å². The molecule has 1 rings (SSSR count). The normalized spacial score (nSPS) is 23.4. The summed E-state index contributed by atoms with van der Waals surface area (Å²) in [5.74, 6) is -1.09. The number of esters is 2. The lowest BCUT2D eigenvalue weighted by molar-refractivity contribution is -0.220. The molecule has 0 aromatic carbocycles. The van der Waals surface area contributed by atoms with Crippen LogP contribution >= 0.6 is 7.82 Å². The third-order valence-corrected chi connectivity index (χ3v) is 10.9. The quantitative estimate of drug-likeness (QED) is 0.0222. The Kier molecular flexibility index (Phi) is 29.2. The van der Waals surface area contributed by atoms with E-state index in [0.29, 0.717) is 12.8 Å². The molecule has 1 fully saturated rings. The van der Waals surface area contributed by atoms with Crippen molar-refractivity contribution in [2.45, 2.75) is 224 Å². The van der Waals surface area contributed by atoms with Gasteiger partial charge in [0.2, 0.25) is 0 Å². The number of ether oxygens (including phenoxy) is 2. The van der Waals surface area contributed by atoms with Crippen molar-refractivity contribution >= 4 is 19.8 Å². The van der Waals surface area contributed by atoms with Crippen LogP contribution in [-0.2, 0) is 32.7 Å². The molecule has 8 atom stereocenters. The van der Waals surface area contributed by atoms with Gasteiger partial charge in [-0.2, -0.15) is 0 Å². The van der Waals surface area contributed by atoms with Crippen molar-refractivity contribution in [1.82, 2.24) is 0 Å². The summed E-state index contributed by atoms with van der Waals surface area (Å²) in [6, 6.07) is 0. The summed E-state index contributed by atoms with van der Waals surface area (Å²) in [4.78, 5) is 35.5. The number of hydrogen-bond acceptors (Lipinski definition) is 12. The molecule has 53 heavy (non-hydrogen) atoms. The van der Waals surface area contributed by atoms with Gasteiger partial charge in [-0.3, -0.25) is 18.6 Å². The van der Waals surface area contributed by atoms with E-state index in [1.807, 2.05) is 0 Å². The second-order valence-corrected chi connectivity index (χ2v) is 16.3. The summed E-state index contributed by atoms with van der Waals surface area (Å²) in [5, 5.41) is 49.9. The number of carbonyl (C=O) groups is 2. The summed E-state index contributed by atoms with van der Waals surface area (Å²) < 4.78 is 33.4. The van der Waals surface area contributed by atoms with Crippen molar-refractivity contribution < 1.29 is 63.1 Å². The third-order valence-electron chi connectivity index (χ3n) is 9.95. The molecule has 0 heterocycles. The van der Waals surface area contributed by atoms with Crippen molar-refractivity contribution in [3.8, 4) is 0 Å². The second kappa shape index (κ2) is 31.0. The zero-order valence-corrected chi connectivity index (χ0v) is 33.7. The Labute approximate surface area is 319 Å². The van der Waals surface area contributed by atoms with Crippen LogP contribution in [0.2, 0.25) is 0 Å². The van der Waals surface area contributed by atoms with Gasteiger partial charge in [-0.25, -0.2) is 4.57 Å². The molecule has 0 saturated heterocycles. The lowest BCUT2D eigenvalue weighted by atomic mass is 9.85. The van der Waals surface area contributed by atoms with E-state index < -0.39 is 75.7 Å². The number of phosphoric ester groups is 1. The zero-order chi connectivity index (χ0) is 39.3. The summed E-state index contributed by atoms with van der Waals surface area (Å²) >= 11 is 0. The molecule has 0 aliphatic heterocycles. The SMILES string of the molecule is CCCCCCCCCCCCCCCCC(=O)OC[C@@H](COP(=O)(O)OC1C(O)C(O)C(O)[C@H](O)C1O)OC(=O)CCCCCCCCCCCC. The lowest BCUT2D eigenvalue weighted by Crippen LogP contribution is -2.64. The van der Waals surface area contributed by atoms with E-state index in [4.69, 9.17) is 18.5 Å². The highest BCUT2D eigenvalue weighted by atomic mass is 31.2. The number of carbonyl (C=O) groups excluding carboxylic acids is 2.